The molecule has 0 aromatic heterocycles. The number of halogens is 1. The van der Waals surface area contributed by atoms with Crippen LogP contribution in [0.25, 0.3) is 11.1 Å². The topological polar surface area (TPSA) is 46.5 Å². The zero-order valence-corrected chi connectivity index (χ0v) is 11.4. The Kier molecular flexibility index (Phi) is 3.36. The number of carbonyl (C=O) groups is 1. The molecule has 0 unspecified atom stereocenters. The summed E-state index contributed by atoms with van der Waals surface area (Å²) in [4.78, 5) is 11.3. The van der Waals surface area contributed by atoms with E-state index in [2.05, 4.69) is 0 Å². The normalized spacial score (nSPS) is 14.1. The van der Waals surface area contributed by atoms with E-state index in [0.29, 0.717) is 16.7 Å². The Morgan fingerprint density at radius 1 is 1.20 bits per heavy atom. The van der Waals surface area contributed by atoms with Gasteiger partial charge in [0.2, 0.25) is 0 Å². The van der Waals surface area contributed by atoms with Gasteiger partial charge in [-0.05, 0) is 54.3 Å². The van der Waals surface area contributed by atoms with Crippen molar-refractivity contribution in [3.8, 4) is 16.9 Å². The molecule has 0 heterocycles. The summed E-state index contributed by atoms with van der Waals surface area (Å²) in [6.07, 6.45) is 2.48. The molecule has 0 spiro atoms. The van der Waals surface area contributed by atoms with Gasteiger partial charge in [-0.25, -0.2) is 4.79 Å². The molecular weight excluding hydrogens is 276 g/mol. The number of hydrogen-bond donors (Lipinski definition) is 1. The molecule has 4 heteroatoms. The molecule has 20 heavy (non-hydrogen) atoms. The molecule has 1 aliphatic rings. The van der Waals surface area contributed by atoms with Gasteiger partial charge in [-0.3, -0.25) is 0 Å². The van der Waals surface area contributed by atoms with Crippen molar-refractivity contribution in [2.24, 2.45) is 0 Å². The van der Waals surface area contributed by atoms with Gasteiger partial charge in [-0.2, -0.15) is 0 Å². The van der Waals surface area contributed by atoms with E-state index in [-0.39, 0.29) is 5.56 Å². The summed E-state index contributed by atoms with van der Waals surface area (Å²) in [7, 11) is 0. The lowest BCUT2D eigenvalue weighted by Crippen LogP contribution is -2.00. The molecule has 1 saturated carbocycles. The SMILES string of the molecule is O=C(O)c1ccc(Cl)cc1-c1cccc(OC2CC2)c1. The van der Waals surface area contributed by atoms with Gasteiger partial charge in [0.15, 0.2) is 0 Å². The van der Waals surface area contributed by atoms with Gasteiger partial charge in [0.1, 0.15) is 5.75 Å². The second-order valence-electron chi connectivity index (χ2n) is 4.84. The van der Waals surface area contributed by atoms with Gasteiger partial charge in [0, 0.05) is 5.02 Å². The molecule has 2 aromatic carbocycles. The van der Waals surface area contributed by atoms with Crippen LogP contribution in [0.3, 0.4) is 0 Å². The van der Waals surface area contributed by atoms with Crippen LogP contribution < -0.4 is 4.74 Å². The number of ether oxygens (including phenoxy) is 1. The van der Waals surface area contributed by atoms with E-state index in [1.54, 1.807) is 12.1 Å². The molecule has 2 aromatic rings. The van der Waals surface area contributed by atoms with E-state index in [0.717, 1.165) is 24.2 Å². The van der Waals surface area contributed by atoms with Crippen molar-refractivity contribution in [1.82, 2.24) is 0 Å². The van der Waals surface area contributed by atoms with Gasteiger partial charge < -0.3 is 9.84 Å². The largest absolute Gasteiger partial charge is 0.490 e. The van der Waals surface area contributed by atoms with Crippen LogP contribution in [-0.4, -0.2) is 17.2 Å². The Morgan fingerprint density at radius 3 is 2.70 bits per heavy atom. The second kappa shape index (κ2) is 5.17. The Hall–Kier alpha value is -2.00. The molecule has 1 aliphatic carbocycles. The predicted molar refractivity (Wildman–Crippen MR) is 77.5 cm³/mol. The summed E-state index contributed by atoms with van der Waals surface area (Å²) in [5.74, 6) is -0.202. The van der Waals surface area contributed by atoms with Crippen molar-refractivity contribution in [1.29, 1.82) is 0 Å². The lowest BCUT2D eigenvalue weighted by Gasteiger charge is -2.10. The molecule has 0 aliphatic heterocycles. The van der Waals surface area contributed by atoms with Gasteiger partial charge in [-0.15, -0.1) is 0 Å². The van der Waals surface area contributed by atoms with Crippen LogP contribution in [0.4, 0.5) is 0 Å². The fourth-order valence-electron chi connectivity index (χ4n) is 2.06. The minimum absolute atomic E-state index is 0.234. The third kappa shape index (κ3) is 2.78. The van der Waals surface area contributed by atoms with Crippen molar-refractivity contribution in [3.63, 3.8) is 0 Å². The summed E-state index contributed by atoms with van der Waals surface area (Å²) in [6.45, 7) is 0. The van der Waals surface area contributed by atoms with Gasteiger partial charge in [-0.1, -0.05) is 23.7 Å². The highest BCUT2D eigenvalue weighted by molar-refractivity contribution is 6.31. The Balaban J connectivity index is 2.02. The first kappa shape index (κ1) is 13.0. The summed E-state index contributed by atoms with van der Waals surface area (Å²) >= 11 is 5.98. The first-order chi connectivity index (χ1) is 9.63. The molecule has 0 bridgehead atoms. The van der Waals surface area contributed by atoms with Gasteiger partial charge >= 0.3 is 5.97 Å². The van der Waals surface area contributed by atoms with Gasteiger partial charge in [0.25, 0.3) is 0 Å². The summed E-state index contributed by atoms with van der Waals surface area (Å²) in [5, 5.41) is 9.78. The second-order valence-corrected chi connectivity index (χ2v) is 5.28. The maximum Gasteiger partial charge on any atom is 0.336 e. The highest BCUT2D eigenvalue weighted by Gasteiger charge is 2.23. The predicted octanol–water partition coefficient (Wildman–Crippen LogP) is 4.25. The number of benzene rings is 2. The lowest BCUT2D eigenvalue weighted by molar-refractivity contribution is 0.0697. The quantitative estimate of drug-likeness (QED) is 0.915. The van der Waals surface area contributed by atoms with Crippen LogP contribution >= 0.6 is 11.6 Å². The molecular formula is C16H13ClO3. The number of carboxylic acid groups (broad SMARTS) is 1. The van der Waals surface area contributed by atoms with Crippen LogP contribution in [-0.2, 0) is 0 Å². The third-order valence-electron chi connectivity index (χ3n) is 3.18. The first-order valence-electron chi connectivity index (χ1n) is 6.43. The van der Waals surface area contributed by atoms with Crippen LogP contribution in [0.15, 0.2) is 42.5 Å². The zero-order valence-electron chi connectivity index (χ0n) is 10.7. The zero-order chi connectivity index (χ0) is 14.1. The minimum atomic E-state index is -0.967. The van der Waals surface area contributed by atoms with Crippen molar-refractivity contribution in [2.75, 3.05) is 0 Å². The first-order valence-corrected chi connectivity index (χ1v) is 6.81. The van der Waals surface area contributed by atoms with Gasteiger partial charge in [0.05, 0.1) is 11.7 Å². The number of rotatable bonds is 4. The Bertz CT molecular complexity index is 663. The fraction of sp³-hybridized carbons (Fsp3) is 0.188. The van der Waals surface area contributed by atoms with E-state index < -0.39 is 5.97 Å². The smallest absolute Gasteiger partial charge is 0.336 e. The average Bonchev–Trinajstić information content (AvgIpc) is 3.22. The standard InChI is InChI=1S/C16H13ClO3/c17-11-4-7-14(16(18)19)15(9-11)10-2-1-3-13(8-10)20-12-5-6-12/h1-4,7-9,12H,5-6H2,(H,18,19). The van der Waals surface area contributed by atoms with Crippen LogP contribution in [0, 0.1) is 0 Å². The third-order valence-corrected chi connectivity index (χ3v) is 3.42. The van der Waals surface area contributed by atoms with E-state index in [4.69, 9.17) is 16.3 Å². The summed E-state index contributed by atoms with van der Waals surface area (Å²) in [6, 6.07) is 12.2. The fourth-order valence-corrected chi connectivity index (χ4v) is 2.23. The maximum atomic E-state index is 11.3. The van der Waals surface area contributed by atoms with Crippen molar-refractivity contribution in [2.45, 2.75) is 18.9 Å². The van der Waals surface area contributed by atoms with Crippen LogP contribution in [0.1, 0.15) is 23.2 Å². The van der Waals surface area contributed by atoms with Crippen molar-refractivity contribution < 1.29 is 14.6 Å². The Morgan fingerprint density at radius 2 is 2.00 bits per heavy atom. The maximum absolute atomic E-state index is 11.3. The highest BCUT2D eigenvalue weighted by Crippen LogP contribution is 2.32. The highest BCUT2D eigenvalue weighted by atomic mass is 35.5. The molecule has 3 rings (SSSR count). The molecule has 0 atom stereocenters. The van der Waals surface area contributed by atoms with E-state index in [9.17, 15) is 9.90 Å². The van der Waals surface area contributed by atoms with E-state index in [1.807, 2.05) is 24.3 Å². The lowest BCUT2D eigenvalue weighted by atomic mass is 9.99. The molecule has 0 saturated heterocycles. The number of aromatic carboxylic acids is 1. The summed E-state index contributed by atoms with van der Waals surface area (Å²) < 4.78 is 5.74. The van der Waals surface area contributed by atoms with E-state index in [1.165, 1.54) is 6.07 Å². The van der Waals surface area contributed by atoms with E-state index >= 15 is 0 Å². The average molecular weight is 289 g/mol. The minimum Gasteiger partial charge on any atom is -0.490 e. The van der Waals surface area contributed by atoms with Crippen molar-refractivity contribution in [3.05, 3.63) is 53.1 Å². The monoisotopic (exact) mass is 288 g/mol. The molecule has 0 radical (unpaired) electrons. The van der Waals surface area contributed by atoms with Crippen molar-refractivity contribution >= 4 is 17.6 Å². The molecule has 102 valence electrons. The van der Waals surface area contributed by atoms with Crippen LogP contribution in [0.2, 0.25) is 5.02 Å². The number of carboxylic acids is 1. The van der Waals surface area contributed by atoms with Crippen LogP contribution in [0.5, 0.6) is 5.75 Å². The molecule has 0 amide bonds. The molecule has 3 nitrogen and oxygen atoms in total. The number of hydrogen-bond acceptors (Lipinski definition) is 2. The molecule has 1 N–H and O–H groups in total. The summed E-state index contributed by atoms with van der Waals surface area (Å²) in [5.41, 5.74) is 1.63. The molecule has 1 fully saturated rings. The Labute approximate surface area is 121 Å².